The molecular formula is C24H27NO2. The van der Waals surface area contributed by atoms with E-state index in [0.29, 0.717) is 23.3 Å². The van der Waals surface area contributed by atoms with Gasteiger partial charge in [0.05, 0.1) is 17.8 Å². The number of esters is 1. The highest BCUT2D eigenvalue weighted by Crippen LogP contribution is 2.27. The summed E-state index contributed by atoms with van der Waals surface area (Å²) in [4.78, 5) is 12.8. The summed E-state index contributed by atoms with van der Waals surface area (Å²) in [6.07, 6.45) is 6.78. The van der Waals surface area contributed by atoms with Crippen LogP contribution in [0.5, 0.6) is 0 Å². The maximum atomic E-state index is 12.8. The molecule has 3 heteroatoms. The van der Waals surface area contributed by atoms with Gasteiger partial charge in [0.2, 0.25) is 0 Å². The molecule has 0 aliphatic heterocycles. The lowest BCUT2D eigenvalue weighted by Gasteiger charge is -2.11. The Balaban J connectivity index is 2.15. The standard InChI is InChI=1S/C24H27NO2/c1-2-3-4-5-6-13-18-27-24(26)23(21-16-11-8-12-17-21)22(19-25)20-14-9-7-10-15-20/h7-12,14-17H,2-6,13,18H2,1H3. The van der Waals surface area contributed by atoms with Gasteiger partial charge in [0.25, 0.3) is 0 Å². The van der Waals surface area contributed by atoms with Gasteiger partial charge in [0.15, 0.2) is 0 Å². The number of rotatable bonds is 10. The van der Waals surface area contributed by atoms with E-state index in [4.69, 9.17) is 4.74 Å². The van der Waals surface area contributed by atoms with Crippen molar-refractivity contribution in [1.82, 2.24) is 0 Å². The number of unbranched alkanes of at least 4 members (excludes halogenated alkanes) is 5. The molecule has 0 unspecified atom stereocenters. The molecule has 140 valence electrons. The minimum absolute atomic E-state index is 0.329. The van der Waals surface area contributed by atoms with Crippen molar-refractivity contribution >= 4 is 17.1 Å². The van der Waals surface area contributed by atoms with Crippen molar-refractivity contribution in [1.29, 1.82) is 5.26 Å². The quantitative estimate of drug-likeness (QED) is 0.171. The smallest absolute Gasteiger partial charge is 0.340 e. The van der Waals surface area contributed by atoms with Crippen LogP contribution in [-0.4, -0.2) is 12.6 Å². The summed E-state index contributed by atoms with van der Waals surface area (Å²) in [5.74, 6) is -0.435. The summed E-state index contributed by atoms with van der Waals surface area (Å²) in [7, 11) is 0. The van der Waals surface area contributed by atoms with Crippen molar-refractivity contribution < 1.29 is 9.53 Å². The highest BCUT2D eigenvalue weighted by Gasteiger charge is 2.20. The van der Waals surface area contributed by atoms with Gasteiger partial charge in [-0.15, -0.1) is 0 Å². The second kappa shape index (κ2) is 11.7. The van der Waals surface area contributed by atoms with E-state index in [1.54, 1.807) is 0 Å². The lowest BCUT2D eigenvalue weighted by molar-refractivity contribution is -0.136. The Morgan fingerprint density at radius 2 is 1.41 bits per heavy atom. The van der Waals surface area contributed by atoms with E-state index in [9.17, 15) is 10.1 Å². The number of benzene rings is 2. The van der Waals surface area contributed by atoms with E-state index in [1.807, 2.05) is 60.7 Å². The third-order valence-electron chi connectivity index (χ3n) is 4.42. The van der Waals surface area contributed by atoms with E-state index in [0.717, 1.165) is 18.4 Å². The second-order valence-electron chi connectivity index (χ2n) is 6.50. The maximum Gasteiger partial charge on any atom is 0.340 e. The van der Waals surface area contributed by atoms with Crippen molar-refractivity contribution in [3.05, 3.63) is 71.8 Å². The Labute approximate surface area is 162 Å². The summed E-state index contributed by atoms with van der Waals surface area (Å²) in [6, 6.07) is 20.7. The Bertz CT molecular complexity index is 773. The highest BCUT2D eigenvalue weighted by atomic mass is 16.5. The van der Waals surface area contributed by atoms with Crippen LogP contribution >= 0.6 is 0 Å². The minimum Gasteiger partial charge on any atom is -0.462 e. The van der Waals surface area contributed by atoms with E-state index in [1.165, 1.54) is 25.7 Å². The first-order valence-electron chi connectivity index (χ1n) is 9.70. The molecule has 2 aromatic carbocycles. The van der Waals surface area contributed by atoms with Gasteiger partial charge in [0.1, 0.15) is 6.07 Å². The van der Waals surface area contributed by atoms with Crippen LogP contribution in [0.3, 0.4) is 0 Å². The van der Waals surface area contributed by atoms with E-state index in [2.05, 4.69) is 13.0 Å². The van der Waals surface area contributed by atoms with Crippen molar-refractivity contribution in [2.75, 3.05) is 6.61 Å². The Morgan fingerprint density at radius 1 is 0.852 bits per heavy atom. The Hall–Kier alpha value is -2.86. The first-order chi connectivity index (χ1) is 13.3. The number of nitriles is 1. The van der Waals surface area contributed by atoms with Crippen LogP contribution in [0.25, 0.3) is 11.1 Å². The molecule has 0 N–H and O–H groups in total. The van der Waals surface area contributed by atoms with Gasteiger partial charge in [-0.05, 0) is 17.5 Å². The number of carbonyl (C=O) groups is 1. The molecule has 2 aromatic rings. The maximum absolute atomic E-state index is 12.8. The zero-order valence-electron chi connectivity index (χ0n) is 16.0. The molecule has 0 aliphatic carbocycles. The normalized spacial score (nSPS) is 11.4. The molecule has 0 aliphatic rings. The van der Waals surface area contributed by atoms with Crippen molar-refractivity contribution in [2.24, 2.45) is 0 Å². The van der Waals surface area contributed by atoms with Crippen LogP contribution in [0.15, 0.2) is 60.7 Å². The lowest BCUT2D eigenvalue weighted by atomic mass is 9.95. The highest BCUT2D eigenvalue weighted by molar-refractivity contribution is 6.26. The summed E-state index contributed by atoms with van der Waals surface area (Å²) >= 11 is 0. The number of ether oxygens (including phenoxy) is 1. The molecule has 0 bridgehead atoms. The Kier molecular flexibility index (Phi) is 8.86. The first-order valence-corrected chi connectivity index (χ1v) is 9.70. The van der Waals surface area contributed by atoms with E-state index < -0.39 is 5.97 Å². The molecule has 0 amide bonds. The predicted molar refractivity (Wildman–Crippen MR) is 110 cm³/mol. The molecule has 27 heavy (non-hydrogen) atoms. The largest absolute Gasteiger partial charge is 0.462 e. The zero-order chi connectivity index (χ0) is 19.3. The van der Waals surface area contributed by atoms with Gasteiger partial charge >= 0.3 is 5.97 Å². The molecule has 0 aromatic heterocycles. The van der Waals surface area contributed by atoms with Crippen LogP contribution in [0.2, 0.25) is 0 Å². The monoisotopic (exact) mass is 361 g/mol. The van der Waals surface area contributed by atoms with E-state index >= 15 is 0 Å². The average molecular weight is 361 g/mol. The number of nitrogens with zero attached hydrogens (tertiary/aromatic N) is 1. The van der Waals surface area contributed by atoms with Crippen LogP contribution in [0, 0.1) is 11.3 Å². The van der Waals surface area contributed by atoms with Crippen LogP contribution < -0.4 is 0 Å². The van der Waals surface area contributed by atoms with Gasteiger partial charge in [-0.25, -0.2) is 4.79 Å². The number of carbonyl (C=O) groups excluding carboxylic acids is 1. The van der Waals surface area contributed by atoms with Crippen molar-refractivity contribution in [3.8, 4) is 6.07 Å². The van der Waals surface area contributed by atoms with Gasteiger partial charge in [0, 0.05) is 0 Å². The number of hydrogen-bond acceptors (Lipinski definition) is 3. The molecule has 0 spiro atoms. The predicted octanol–water partition coefficient (Wildman–Crippen LogP) is 6.02. The second-order valence-corrected chi connectivity index (χ2v) is 6.50. The third kappa shape index (κ3) is 6.42. The number of allylic oxidation sites excluding steroid dienone is 1. The molecule has 0 saturated heterocycles. The molecule has 2 rings (SSSR count). The van der Waals surface area contributed by atoms with Crippen LogP contribution in [0.4, 0.5) is 0 Å². The third-order valence-corrected chi connectivity index (χ3v) is 4.42. The molecule has 0 radical (unpaired) electrons. The molecule has 0 saturated carbocycles. The van der Waals surface area contributed by atoms with Crippen molar-refractivity contribution in [2.45, 2.75) is 45.4 Å². The Morgan fingerprint density at radius 3 is 2.00 bits per heavy atom. The number of hydrogen-bond donors (Lipinski definition) is 0. The molecular weight excluding hydrogens is 334 g/mol. The van der Waals surface area contributed by atoms with E-state index in [-0.39, 0.29) is 0 Å². The fourth-order valence-corrected chi connectivity index (χ4v) is 2.96. The first kappa shape index (κ1) is 20.5. The van der Waals surface area contributed by atoms with Crippen LogP contribution in [0.1, 0.15) is 56.6 Å². The topological polar surface area (TPSA) is 50.1 Å². The summed E-state index contributed by atoms with van der Waals surface area (Å²) in [5.41, 5.74) is 2.09. The fraction of sp³-hybridized carbons (Fsp3) is 0.333. The van der Waals surface area contributed by atoms with Gasteiger partial charge in [-0.1, -0.05) is 99.7 Å². The van der Waals surface area contributed by atoms with Crippen LogP contribution in [-0.2, 0) is 9.53 Å². The van der Waals surface area contributed by atoms with Crippen molar-refractivity contribution in [3.63, 3.8) is 0 Å². The van der Waals surface area contributed by atoms with Gasteiger partial charge in [-0.3, -0.25) is 0 Å². The lowest BCUT2D eigenvalue weighted by Crippen LogP contribution is -2.10. The summed E-state index contributed by atoms with van der Waals surface area (Å²) in [6.45, 7) is 2.58. The fourth-order valence-electron chi connectivity index (χ4n) is 2.96. The minimum atomic E-state index is -0.435. The zero-order valence-corrected chi connectivity index (χ0v) is 16.0. The molecule has 0 atom stereocenters. The molecule has 0 fully saturated rings. The molecule has 0 heterocycles. The molecule has 3 nitrogen and oxygen atoms in total. The van der Waals surface area contributed by atoms with Gasteiger partial charge < -0.3 is 4.74 Å². The summed E-state index contributed by atoms with van der Waals surface area (Å²) < 4.78 is 5.52. The average Bonchev–Trinajstić information content (AvgIpc) is 2.72. The summed E-state index contributed by atoms with van der Waals surface area (Å²) in [5, 5.41) is 9.74. The van der Waals surface area contributed by atoms with Gasteiger partial charge in [-0.2, -0.15) is 5.26 Å². The SMILES string of the molecule is CCCCCCCCOC(=O)C(=C(C#N)c1ccccc1)c1ccccc1.